The minimum Gasteiger partial charge on any atom is -0.350 e. The van der Waals surface area contributed by atoms with Crippen LogP contribution in [0.4, 0.5) is 0 Å². The average molecular weight is 403 g/mol. The molecule has 8 nitrogen and oxygen atoms in total. The fourth-order valence-electron chi connectivity index (χ4n) is 3.21. The fourth-order valence-corrected chi connectivity index (χ4v) is 3.21. The number of hydrogen-bond acceptors (Lipinski definition) is 6. The van der Waals surface area contributed by atoms with Crippen molar-refractivity contribution in [1.29, 1.82) is 0 Å². The van der Waals surface area contributed by atoms with Crippen LogP contribution in [0.15, 0.2) is 64.0 Å². The molecule has 1 amide bonds. The summed E-state index contributed by atoms with van der Waals surface area (Å²) in [5.74, 6) is 0.316. The summed E-state index contributed by atoms with van der Waals surface area (Å²) < 4.78 is 6.87. The second kappa shape index (κ2) is 7.55. The molecule has 4 aromatic rings. The number of pyridine rings is 2. The van der Waals surface area contributed by atoms with Crippen LogP contribution in [0.5, 0.6) is 0 Å². The predicted molar refractivity (Wildman–Crippen MR) is 113 cm³/mol. The van der Waals surface area contributed by atoms with E-state index in [1.54, 1.807) is 24.4 Å². The van der Waals surface area contributed by atoms with Crippen LogP contribution in [0.1, 0.15) is 20.8 Å². The quantitative estimate of drug-likeness (QED) is 0.562. The van der Waals surface area contributed by atoms with Crippen molar-refractivity contribution in [2.75, 3.05) is 0 Å². The molecule has 1 N–H and O–H groups in total. The van der Waals surface area contributed by atoms with Crippen LogP contribution >= 0.6 is 0 Å². The van der Waals surface area contributed by atoms with E-state index < -0.39 is 0 Å². The van der Waals surface area contributed by atoms with Gasteiger partial charge in [-0.3, -0.25) is 19.1 Å². The second-order valence-corrected chi connectivity index (χ2v) is 7.94. The topological polar surface area (TPSA) is 103 Å². The van der Waals surface area contributed by atoms with Crippen LogP contribution in [-0.2, 0) is 11.3 Å². The molecule has 0 radical (unpaired) electrons. The fraction of sp³-hybridized carbons (Fsp3) is 0.227. The molecule has 1 aromatic carbocycles. The lowest BCUT2D eigenvalue weighted by Gasteiger charge is -2.21. The zero-order chi connectivity index (χ0) is 21.3. The van der Waals surface area contributed by atoms with Gasteiger partial charge in [0.25, 0.3) is 11.4 Å². The number of aromatic nitrogens is 4. The number of nitrogens with one attached hydrogen (secondary N) is 1. The highest BCUT2D eigenvalue weighted by molar-refractivity contribution is 5.93. The van der Waals surface area contributed by atoms with Crippen molar-refractivity contribution in [1.82, 2.24) is 25.0 Å². The highest BCUT2D eigenvalue weighted by Crippen LogP contribution is 2.27. The van der Waals surface area contributed by atoms with Gasteiger partial charge in [0.1, 0.15) is 12.2 Å². The van der Waals surface area contributed by atoms with Gasteiger partial charge in [-0.1, -0.05) is 29.4 Å². The second-order valence-electron chi connectivity index (χ2n) is 7.94. The van der Waals surface area contributed by atoms with E-state index in [0.29, 0.717) is 22.6 Å². The molecule has 0 aliphatic rings. The highest BCUT2D eigenvalue weighted by atomic mass is 16.5. The van der Waals surface area contributed by atoms with E-state index >= 15 is 0 Å². The summed E-state index contributed by atoms with van der Waals surface area (Å²) in [6.45, 7) is 5.59. The number of hydrogen-bond donors (Lipinski definition) is 1. The molecule has 0 aliphatic carbocycles. The number of rotatable bonds is 4. The Bertz CT molecular complexity index is 1270. The van der Waals surface area contributed by atoms with E-state index in [4.69, 9.17) is 4.52 Å². The number of para-hydroxylation sites is 1. The molecule has 0 bridgehead atoms. The smallest absolute Gasteiger partial charge is 0.259 e. The lowest BCUT2D eigenvalue weighted by molar-refractivity contribution is -0.123. The van der Waals surface area contributed by atoms with Crippen molar-refractivity contribution in [2.45, 2.75) is 32.9 Å². The van der Waals surface area contributed by atoms with Gasteiger partial charge >= 0.3 is 0 Å². The predicted octanol–water partition coefficient (Wildman–Crippen LogP) is 3.03. The zero-order valence-electron chi connectivity index (χ0n) is 16.9. The molecule has 0 atom stereocenters. The van der Waals surface area contributed by atoms with Crippen LogP contribution in [-0.4, -0.2) is 31.1 Å². The highest BCUT2D eigenvalue weighted by Gasteiger charge is 2.19. The van der Waals surface area contributed by atoms with Gasteiger partial charge in [-0.15, -0.1) is 0 Å². The molecule has 152 valence electrons. The number of benzene rings is 1. The van der Waals surface area contributed by atoms with Crippen LogP contribution in [0.3, 0.4) is 0 Å². The Labute approximate surface area is 172 Å². The lowest BCUT2D eigenvalue weighted by Crippen LogP contribution is -2.43. The molecule has 0 spiro atoms. The van der Waals surface area contributed by atoms with Crippen molar-refractivity contribution in [3.05, 3.63) is 65.1 Å². The maximum atomic E-state index is 12.9. The van der Waals surface area contributed by atoms with Gasteiger partial charge in [0.15, 0.2) is 0 Å². The first-order valence-corrected chi connectivity index (χ1v) is 9.51. The number of carbonyl (C=O) groups excluding carboxylic acids is 1. The Hall–Kier alpha value is -3.81. The Morgan fingerprint density at radius 2 is 1.90 bits per heavy atom. The largest absolute Gasteiger partial charge is 0.350 e. The van der Waals surface area contributed by atoms with E-state index in [9.17, 15) is 9.59 Å². The zero-order valence-corrected chi connectivity index (χ0v) is 16.9. The van der Waals surface area contributed by atoms with Crippen molar-refractivity contribution >= 4 is 16.8 Å². The summed E-state index contributed by atoms with van der Waals surface area (Å²) in [6, 6.07) is 14.1. The summed E-state index contributed by atoms with van der Waals surface area (Å²) >= 11 is 0. The first-order valence-electron chi connectivity index (χ1n) is 9.51. The van der Waals surface area contributed by atoms with Crippen molar-refractivity contribution < 1.29 is 9.32 Å². The van der Waals surface area contributed by atoms with Crippen LogP contribution in [0, 0.1) is 0 Å². The first kappa shape index (κ1) is 19.5. The minimum absolute atomic E-state index is 0.0834. The minimum atomic E-state index is -0.387. The molecule has 0 aliphatic heterocycles. The third-order valence-electron chi connectivity index (χ3n) is 4.39. The number of amides is 1. The summed E-state index contributed by atoms with van der Waals surface area (Å²) in [4.78, 5) is 33.9. The Morgan fingerprint density at radius 3 is 2.63 bits per heavy atom. The molecule has 3 heterocycles. The van der Waals surface area contributed by atoms with Gasteiger partial charge in [0.05, 0.1) is 11.1 Å². The van der Waals surface area contributed by atoms with Crippen molar-refractivity contribution in [2.24, 2.45) is 0 Å². The summed E-state index contributed by atoms with van der Waals surface area (Å²) in [5.41, 5.74) is 0.982. The number of carbonyl (C=O) groups is 1. The Kier molecular flexibility index (Phi) is 4.91. The van der Waals surface area contributed by atoms with Gasteiger partial charge in [0.2, 0.25) is 11.7 Å². The number of fused-ring (bicyclic) bond motifs is 1. The third kappa shape index (κ3) is 3.98. The van der Waals surface area contributed by atoms with E-state index in [1.807, 2.05) is 45.0 Å². The maximum absolute atomic E-state index is 12.9. The standard InChI is InChI=1S/C22H21N5O3/c1-22(2,3)25-18(28)13-27-17-10-5-4-8-14(17)15(12-19(27)29)21-24-20(26-30-21)16-9-6-7-11-23-16/h4-12H,13H2,1-3H3,(H,25,28). The number of nitrogens with zero attached hydrogens (tertiary/aromatic N) is 4. The van der Waals surface area contributed by atoms with Gasteiger partial charge < -0.3 is 9.84 Å². The van der Waals surface area contributed by atoms with Crippen LogP contribution < -0.4 is 10.9 Å². The molecular formula is C22H21N5O3. The van der Waals surface area contributed by atoms with E-state index in [0.717, 1.165) is 5.39 Å². The van der Waals surface area contributed by atoms with Gasteiger partial charge in [-0.2, -0.15) is 4.98 Å². The molecular weight excluding hydrogens is 382 g/mol. The van der Waals surface area contributed by atoms with Gasteiger partial charge in [0, 0.05) is 23.2 Å². The van der Waals surface area contributed by atoms with E-state index in [-0.39, 0.29) is 29.4 Å². The maximum Gasteiger partial charge on any atom is 0.259 e. The Balaban J connectivity index is 1.78. The van der Waals surface area contributed by atoms with E-state index in [1.165, 1.54) is 10.6 Å². The Morgan fingerprint density at radius 1 is 1.13 bits per heavy atom. The molecule has 0 saturated heterocycles. The summed E-state index contributed by atoms with van der Waals surface area (Å²) in [7, 11) is 0. The molecule has 4 rings (SSSR count). The molecule has 0 unspecified atom stereocenters. The third-order valence-corrected chi connectivity index (χ3v) is 4.39. The van der Waals surface area contributed by atoms with Crippen LogP contribution in [0.25, 0.3) is 33.9 Å². The molecule has 8 heteroatoms. The monoisotopic (exact) mass is 403 g/mol. The summed E-state index contributed by atoms with van der Waals surface area (Å²) in [5, 5.41) is 7.60. The molecule has 30 heavy (non-hydrogen) atoms. The molecule has 3 aromatic heterocycles. The van der Waals surface area contributed by atoms with Gasteiger partial charge in [-0.05, 0) is 39.0 Å². The first-order chi connectivity index (χ1) is 14.3. The lowest BCUT2D eigenvalue weighted by atomic mass is 10.1. The summed E-state index contributed by atoms with van der Waals surface area (Å²) in [6.07, 6.45) is 1.64. The van der Waals surface area contributed by atoms with Crippen molar-refractivity contribution in [3.63, 3.8) is 0 Å². The molecule has 0 saturated carbocycles. The molecule has 0 fully saturated rings. The van der Waals surface area contributed by atoms with Crippen LogP contribution in [0.2, 0.25) is 0 Å². The average Bonchev–Trinajstić information content (AvgIpc) is 3.19. The normalized spacial score (nSPS) is 11.6. The van der Waals surface area contributed by atoms with Gasteiger partial charge in [-0.25, -0.2) is 0 Å². The SMILES string of the molecule is CC(C)(C)NC(=O)Cn1c(=O)cc(-c2nc(-c3ccccn3)no2)c2ccccc21. The van der Waals surface area contributed by atoms with E-state index in [2.05, 4.69) is 20.4 Å². The van der Waals surface area contributed by atoms with Crippen molar-refractivity contribution in [3.8, 4) is 23.0 Å².